The average molecular weight is 605 g/mol. The molecule has 3 aliphatic rings. The lowest BCUT2D eigenvalue weighted by atomic mass is 9.43. The average Bonchev–Trinajstić information content (AvgIpc) is 3.39. The van der Waals surface area contributed by atoms with E-state index < -0.39 is 11.5 Å². The zero-order valence-corrected chi connectivity index (χ0v) is 27.4. The molecule has 0 saturated heterocycles. The third-order valence-electron chi connectivity index (χ3n) is 11.9. The monoisotopic (exact) mass is 604 g/mol. The van der Waals surface area contributed by atoms with Crippen molar-refractivity contribution < 1.29 is 28.5 Å². The largest absolute Gasteiger partial charge is 0.460 e. The van der Waals surface area contributed by atoms with Gasteiger partial charge in [0.2, 0.25) is 0 Å². The van der Waals surface area contributed by atoms with Crippen LogP contribution >= 0.6 is 0 Å². The smallest absolute Gasteiger partial charge is 0.332 e. The molecule has 2 bridgehead atoms. The maximum atomic E-state index is 14.0. The Kier molecular flexibility index (Phi) is 10.3. The number of hydrogen-bond acceptors (Lipinski definition) is 6. The van der Waals surface area contributed by atoms with Gasteiger partial charge in [-0.3, -0.25) is 4.79 Å². The lowest BCUT2D eigenvalue weighted by Crippen LogP contribution is -2.64. The molecule has 44 heavy (non-hydrogen) atoms. The molecule has 3 saturated carbocycles. The summed E-state index contributed by atoms with van der Waals surface area (Å²) in [5.74, 6) is 0.264. The van der Waals surface area contributed by atoms with Crippen molar-refractivity contribution in [1.82, 2.24) is 0 Å². The molecule has 0 radical (unpaired) electrons. The third kappa shape index (κ3) is 6.27. The van der Waals surface area contributed by atoms with Crippen molar-refractivity contribution in [3.63, 3.8) is 0 Å². The topological polar surface area (TPSA) is 71.1 Å². The van der Waals surface area contributed by atoms with Crippen molar-refractivity contribution in [1.29, 1.82) is 0 Å². The third-order valence-corrected chi connectivity index (χ3v) is 11.9. The Bertz CT molecular complexity index is 1250. The van der Waals surface area contributed by atoms with E-state index in [1.165, 1.54) is 0 Å². The minimum atomic E-state index is -0.449. The highest BCUT2D eigenvalue weighted by Gasteiger charge is 2.69. The van der Waals surface area contributed by atoms with Gasteiger partial charge in [0, 0.05) is 17.8 Å². The lowest BCUT2D eigenvalue weighted by Gasteiger charge is -2.63. The van der Waals surface area contributed by atoms with E-state index in [1.54, 1.807) is 0 Å². The van der Waals surface area contributed by atoms with E-state index in [1.807, 2.05) is 48.5 Å². The minimum Gasteiger partial charge on any atom is -0.460 e. The molecule has 8 atom stereocenters. The van der Waals surface area contributed by atoms with Crippen molar-refractivity contribution in [2.45, 2.75) is 105 Å². The number of hydrogen-bond donors (Lipinski definition) is 0. The van der Waals surface area contributed by atoms with Crippen LogP contribution in [0.15, 0.2) is 60.7 Å². The van der Waals surface area contributed by atoms with E-state index in [-0.39, 0.29) is 48.1 Å². The van der Waals surface area contributed by atoms with Gasteiger partial charge in [0.15, 0.2) is 0 Å². The molecule has 0 amide bonds. The number of benzene rings is 2. The van der Waals surface area contributed by atoms with E-state index in [4.69, 9.17) is 18.9 Å². The zero-order chi connectivity index (χ0) is 31.4. The van der Waals surface area contributed by atoms with Gasteiger partial charge in [-0.05, 0) is 65.9 Å². The fraction of sp³-hybridized carbons (Fsp3) is 0.632. The van der Waals surface area contributed by atoms with Crippen molar-refractivity contribution in [2.24, 2.45) is 34.0 Å². The van der Waals surface area contributed by atoms with Crippen LogP contribution < -0.4 is 0 Å². The molecule has 0 aliphatic heterocycles. The fourth-order valence-corrected chi connectivity index (χ4v) is 9.40. The molecule has 0 spiro atoms. The number of esters is 1. The SMILES string of the molecule is CC[C@@H]1CC[C@@]23CCC(=O)C2[C@]1(C)[C@H](OC(=O)COCc1ccccc1)C[C@](C)(CC)[C@@H](OCOCc1ccccc1)[C@@H]3C. The molecule has 0 aromatic heterocycles. The Hall–Kier alpha value is -2.54. The first kappa shape index (κ1) is 32.8. The van der Waals surface area contributed by atoms with Crippen LogP contribution in [-0.2, 0) is 41.8 Å². The van der Waals surface area contributed by atoms with E-state index >= 15 is 0 Å². The predicted octanol–water partition coefficient (Wildman–Crippen LogP) is 7.92. The molecule has 6 heteroatoms. The summed E-state index contributed by atoms with van der Waals surface area (Å²) < 4.78 is 25.1. The quantitative estimate of drug-likeness (QED) is 0.139. The van der Waals surface area contributed by atoms with Crippen molar-refractivity contribution >= 4 is 11.8 Å². The molecule has 0 heterocycles. The van der Waals surface area contributed by atoms with E-state index in [9.17, 15) is 9.59 Å². The van der Waals surface area contributed by atoms with Crippen LogP contribution in [0.1, 0.15) is 90.7 Å². The summed E-state index contributed by atoms with van der Waals surface area (Å²) in [6, 6.07) is 20.0. The van der Waals surface area contributed by atoms with Crippen LogP contribution in [0.25, 0.3) is 0 Å². The second kappa shape index (κ2) is 13.8. The van der Waals surface area contributed by atoms with Gasteiger partial charge in [-0.15, -0.1) is 0 Å². The van der Waals surface area contributed by atoms with E-state index in [0.29, 0.717) is 37.8 Å². The Morgan fingerprint density at radius 2 is 1.55 bits per heavy atom. The number of ketones is 1. The van der Waals surface area contributed by atoms with Gasteiger partial charge < -0.3 is 18.9 Å². The Morgan fingerprint density at radius 1 is 0.909 bits per heavy atom. The zero-order valence-electron chi connectivity index (χ0n) is 27.4. The highest BCUT2D eigenvalue weighted by atomic mass is 16.7. The second-order valence-electron chi connectivity index (χ2n) is 14.1. The number of rotatable bonds is 12. The minimum absolute atomic E-state index is 0.117. The second-order valence-corrected chi connectivity index (χ2v) is 14.1. The Balaban J connectivity index is 1.42. The molecule has 2 aromatic carbocycles. The molecule has 3 fully saturated rings. The van der Waals surface area contributed by atoms with Crippen LogP contribution in [0, 0.1) is 34.0 Å². The molecule has 0 N–H and O–H groups in total. The van der Waals surface area contributed by atoms with Crippen molar-refractivity contribution in [2.75, 3.05) is 13.4 Å². The maximum absolute atomic E-state index is 14.0. The molecule has 3 aliphatic carbocycles. The number of carbonyl (C=O) groups excluding carboxylic acids is 2. The van der Waals surface area contributed by atoms with Gasteiger partial charge in [-0.1, -0.05) is 102 Å². The van der Waals surface area contributed by atoms with E-state index in [0.717, 1.165) is 43.2 Å². The van der Waals surface area contributed by atoms with Gasteiger partial charge in [0.05, 0.1) is 19.3 Å². The van der Waals surface area contributed by atoms with E-state index in [2.05, 4.69) is 46.8 Å². The highest BCUT2D eigenvalue weighted by Crippen LogP contribution is 2.69. The predicted molar refractivity (Wildman–Crippen MR) is 170 cm³/mol. The van der Waals surface area contributed by atoms with Crippen LogP contribution in [0.5, 0.6) is 0 Å². The summed E-state index contributed by atoms with van der Waals surface area (Å²) in [7, 11) is 0. The summed E-state index contributed by atoms with van der Waals surface area (Å²) in [4.78, 5) is 27.5. The summed E-state index contributed by atoms with van der Waals surface area (Å²) >= 11 is 0. The first-order chi connectivity index (χ1) is 21.2. The molecule has 2 aromatic rings. The summed E-state index contributed by atoms with van der Waals surface area (Å²) in [6.07, 6.45) is 5.38. The van der Waals surface area contributed by atoms with Crippen molar-refractivity contribution in [3.8, 4) is 0 Å². The Morgan fingerprint density at radius 3 is 2.16 bits per heavy atom. The van der Waals surface area contributed by atoms with Crippen LogP contribution in [-0.4, -0.2) is 37.4 Å². The van der Waals surface area contributed by atoms with Crippen LogP contribution in [0.2, 0.25) is 0 Å². The van der Waals surface area contributed by atoms with Crippen LogP contribution in [0.3, 0.4) is 0 Å². The molecular formula is C38H52O6. The van der Waals surface area contributed by atoms with Gasteiger partial charge in [0.25, 0.3) is 0 Å². The normalized spacial score (nSPS) is 35.0. The maximum Gasteiger partial charge on any atom is 0.332 e. The standard InChI is InChI=1S/C38H52O6/c1-6-30-18-20-38-21-19-31(39)34(38)37(30,5)32(44-33(40)25-41-23-28-14-10-8-11-15-28)22-36(4,7-2)35(27(38)3)43-26-42-24-29-16-12-9-13-17-29/h8-17,27,30,32,34-35H,6-7,18-26H2,1-5H3/t27-,30+,32+,34?,35-,36-,37-,38-/m0/s1. The first-order valence-electron chi connectivity index (χ1n) is 16.7. The molecule has 5 rings (SSSR count). The van der Waals surface area contributed by atoms with Crippen molar-refractivity contribution in [3.05, 3.63) is 71.8 Å². The summed E-state index contributed by atoms with van der Waals surface area (Å²) in [5.41, 5.74) is 1.20. The van der Waals surface area contributed by atoms with Crippen LogP contribution in [0.4, 0.5) is 0 Å². The summed E-state index contributed by atoms with van der Waals surface area (Å²) in [5, 5.41) is 0. The Labute approximate surface area is 264 Å². The summed E-state index contributed by atoms with van der Waals surface area (Å²) in [6.45, 7) is 12.2. The highest BCUT2D eigenvalue weighted by molar-refractivity contribution is 5.85. The first-order valence-corrected chi connectivity index (χ1v) is 16.7. The molecular weight excluding hydrogens is 552 g/mol. The molecule has 1 unspecified atom stereocenters. The van der Waals surface area contributed by atoms with Gasteiger partial charge in [0.1, 0.15) is 25.3 Å². The molecule has 6 nitrogen and oxygen atoms in total. The number of carbonyl (C=O) groups is 2. The fourth-order valence-electron chi connectivity index (χ4n) is 9.40. The molecule has 240 valence electrons. The number of ether oxygens (including phenoxy) is 4. The lowest BCUT2D eigenvalue weighted by molar-refractivity contribution is -0.236. The number of Topliss-reactive ketones (excluding diaryl/α,β-unsaturated/α-hetero) is 1. The van der Waals surface area contributed by atoms with Gasteiger partial charge in [-0.25, -0.2) is 4.79 Å². The van der Waals surface area contributed by atoms with Gasteiger partial charge in [-0.2, -0.15) is 0 Å². The van der Waals surface area contributed by atoms with Gasteiger partial charge >= 0.3 is 5.97 Å².